The third-order valence-electron chi connectivity index (χ3n) is 3.36. The van der Waals surface area contributed by atoms with Gasteiger partial charge in [0.2, 0.25) is 5.76 Å². The van der Waals surface area contributed by atoms with E-state index in [1.165, 1.54) is 19.4 Å². The van der Waals surface area contributed by atoms with Gasteiger partial charge in [0.15, 0.2) is 11.5 Å². The zero-order valence-corrected chi connectivity index (χ0v) is 14.6. The molecule has 1 N–H and O–H groups in total. The smallest absolute Gasteiger partial charge is 0.379 e. The van der Waals surface area contributed by atoms with Crippen LogP contribution in [0.4, 0.5) is 5.69 Å². The number of nitrogens with one attached hydrogen (secondary N) is 1. The summed E-state index contributed by atoms with van der Waals surface area (Å²) in [6.45, 7) is 0. The van der Waals surface area contributed by atoms with Crippen LogP contribution in [0.5, 0.6) is 11.5 Å². The minimum Gasteiger partial charge on any atom is -0.493 e. The van der Waals surface area contributed by atoms with Crippen LogP contribution in [0.2, 0.25) is 5.02 Å². The van der Waals surface area contributed by atoms with Gasteiger partial charge >= 0.3 is 5.97 Å². The number of ether oxygens (including phenoxy) is 2. The Kier molecular flexibility index (Phi) is 5.56. The molecule has 0 saturated heterocycles. The Balaban J connectivity index is 1.68. The zero-order valence-electron chi connectivity index (χ0n) is 13.8. The molecule has 6 nitrogen and oxygen atoms in total. The van der Waals surface area contributed by atoms with Gasteiger partial charge in [-0.3, -0.25) is 5.43 Å². The fourth-order valence-corrected chi connectivity index (χ4v) is 2.23. The summed E-state index contributed by atoms with van der Waals surface area (Å²) in [6, 6.07) is 15.4. The Morgan fingerprint density at radius 1 is 1.15 bits per heavy atom. The van der Waals surface area contributed by atoms with Gasteiger partial charge in [-0.15, -0.1) is 0 Å². The molecule has 1 heterocycles. The van der Waals surface area contributed by atoms with Gasteiger partial charge in [-0.2, -0.15) is 5.10 Å². The molecule has 3 rings (SSSR count). The van der Waals surface area contributed by atoms with Crippen molar-refractivity contribution in [2.45, 2.75) is 0 Å². The summed E-state index contributed by atoms with van der Waals surface area (Å²) in [6.07, 6.45) is 3.02. The van der Waals surface area contributed by atoms with E-state index < -0.39 is 5.97 Å². The summed E-state index contributed by atoms with van der Waals surface area (Å²) in [4.78, 5) is 12.0. The molecule has 0 fully saturated rings. The van der Waals surface area contributed by atoms with Crippen molar-refractivity contribution in [3.8, 4) is 11.5 Å². The number of halogens is 1. The molecule has 0 atom stereocenters. The number of carbonyl (C=O) groups excluding carboxylic acids is 1. The predicted octanol–water partition coefficient (Wildman–Crippen LogP) is 4.61. The maximum atomic E-state index is 12.0. The summed E-state index contributed by atoms with van der Waals surface area (Å²) >= 11 is 5.84. The van der Waals surface area contributed by atoms with Gasteiger partial charge in [-0.1, -0.05) is 11.6 Å². The number of hydrogen-bond acceptors (Lipinski definition) is 6. The van der Waals surface area contributed by atoms with Gasteiger partial charge in [0.25, 0.3) is 0 Å². The maximum absolute atomic E-state index is 12.0. The molecule has 1 aromatic heterocycles. The Bertz CT molecular complexity index is 906. The first-order valence-electron chi connectivity index (χ1n) is 7.64. The van der Waals surface area contributed by atoms with Crippen molar-refractivity contribution < 1.29 is 18.7 Å². The highest BCUT2D eigenvalue weighted by molar-refractivity contribution is 6.30. The quantitative estimate of drug-likeness (QED) is 0.297. The fraction of sp³-hybridized carbons (Fsp3) is 0.0526. The van der Waals surface area contributed by atoms with Crippen LogP contribution in [0.3, 0.4) is 0 Å². The van der Waals surface area contributed by atoms with Crippen molar-refractivity contribution in [2.24, 2.45) is 5.10 Å². The highest BCUT2D eigenvalue weighted by Gasteiger charge is 2.14. The van der Waals surface area contributed by atoms with E-state index in [2.05, 4.69) is 10.5 Å². The van der Waals surface area contributed by atoms with Gasteiger partial charge in [0.1, 0.15) is 0 Å². The van der Waals surface area contributed by atoms with E-state index in [-0.39, 0.29) is 11.5 Å². The molecule has 0 aliphatic heterocycles. The van der Waals surface area contributed by atoms with E-state index in [1.807, 2.05) is 12.1 Å². The lowest BCUT2D eigenvalue weighted by Crippen LogP contribution is -2.08. The number of esters is 1. The highest BCUT2D eigenvalue weighted by Crippen LogP contribution is 2.28. The third kappa shape index (κ3) is 4.43. The number of methoxy groups -OCH3 is 1. The molecule has 0 aliphatic carbocycles. The van der Waals surface area contributed by atoms with E-state index in [0.29, 0.717) is 10.8 Å². The lowest BCUT2D eigenvalue weighted by Gasteiger charge is -2.09. The number of nitrogens with zero attached hydrogens (tertiary/aromatic N) is 1. The van der Waals surface area contributed by atoms with Crippen LogP contribution in [0.15, 0.2) is 70.4 Å². The van der Waals surface area contributed by atoms with Crippen LogP contribution in [0.1, 0.15) is 16.1 Å². The second kappa shape index (κ2) is 8.22. The fourth-order valence-electron chi connectivity index (χ4n) is 2.10. The van der Waals surface area contributed by atoms with E-state index >= 15 is 0 Å². The SMILES string of the molecule is COc1cc(C=NNc2ccc(Cl)cc2)ccc1OC(=O)c1ccco1. The van der Waals surface area contributed by atoms with Crippen LogP contribution < -0.4 is 14.9 Å². The first-order valence-corrected chi connectivity index (χ1v) is 8.02. The maximum Gasteiger partial charge on any atom is 0.379 e. The number of hydrazone groups is 1. The standard InChI is InChI=1S/C19H15ClN2O4/c1-24-18-11-13(12-21-22-15-7-5-14(20)6-8-15)4-9-16(18)26-19(23)17-3-2-10-25-17/h2-12,22H,1H3. The number of anilines is 1. The molecule has 0 spiro atoms. The van der Waals surface area contributed by atoms with E-state index in [1.54, 1.807) is 42.6 Å². The molecule has 0 aliphatic rings. The molecule has 0 radical (unpaired) electrons. The minimum absolute atomic E-state index is 0.116. The molecule has 7 heteroatoms. The van der Waals surface area contributed by atoms with Crippen molar-refractivity contribution in [1.82, 2.24) is 0 Å². The number of hydrogen-bond donors (Lipinski definition) is 1. The molecule has 0 saturated carbocycles. The summed E-state index contributed by atoms with van der Waals surface area (Å²) in [5.41, 5.74) is 4.47. The van der Waals surface area contributed by atoms with Gasteiger partial charge in [-0.05, 0) is 60.2 Å². The predicted molar refractivity (Wildman–Crippen MR) is 99.3 cm³/mol. The van der Waals surface area contributed by atoms with Gasteiger partial charge in [-0.25, -0.2) is 4.79 Å². The van der Waals surface area contributed by atoms with Crippen molar-refractivity contribution in [3.63, 3.8) is 0 Å². The second-order valence-corrected chi connectivity index (χ2v) is 5.59. The van der Waals surface area contributed by atoms with Crippen LogP contribution >= 0.6 is 11.6 Å². The van der Waals surface area contributed by atoms with Gasteiger partial charge < -0.3 is 13.9 Å². The van der Waals surface area contributed by atoms with Crippen LogP contribution in [0.25, 0.3) is 0 Å². The molecule has 0 amide bonds. The summed E-state index contributed by atoms with van der Waals surface area (Å²) < 4.78 is 15.6. The Labute approximate surface area is 155 Å². The number of furan rings is 1. The largest absolute Gasteiger partial charge is 0.493 e. The zero-order chi connectivity index (χ0) is 18.4. The average molecular weight is 371 g/mol. The molecule has 26 heavy (non-hydrogen) atoms. The highest BCUT2D eigenvalue weighted by atomic mass is 35.5. The van der Waals surface area contributed by atoms with Crippen molar-refractivity contribution in [2.75, 3.05) is 12.5 Å². The summed E-state index contributed by atoms with van der Waals surface area (Å²) in [7, 11) is 1.49. The molecular formula is C19H15ClN2O4. The molecule has 2 aromatic carbocycles. The van der Waals surface area contributed by atoms with Crippen LogP contribution in [-0.2, 0) is 0 Å². The van der Waals surface area contributed by atoms with Crippen molar-refractivity contribution >= 4 is 29.5 Å². The molecule has 0 bridgehead atoms. The van der Waals surface area contributed by atoms with Gasteiger partial charge in [0.05, 0.1) is 25.3 Å². The first-order chi connectivity index (χ1) is 12.7. The Hall–Kier alpha value is -3.25. The number of rotatable bonds is 6. The van der Waals surface area contributed by atoms with Crippen LogP contribution in [-0.4, -0.2) is 19.3 Å². The molecule has 3 aromatic rings. The van der Waals surface area contributed by atoms with Crippen molar-refractivity contribution in [3.05, 3.63) is 77.2 Å². The lowest BCUT2D eigenvalue weighted by molar-refractivity contribution is 0.0696. The van der Waals surface area contributed by atoms with E-state index in [9.17, 15) is 4.79 Å². The van der Waals surface area contributed by atoms with E-state index in [4.69, 9.17) is 25.5 Å². The Morgan fingerprint density at radius 2 is 1.96 bits per heavy atom. The normalized spacial score (nSPS) is 10.7. The second-order valence-electron chi connectivity index (χ2n) is 5.15. The minimum atomic E-state index is -0.598. The number of carbonyl (C=O) groups is 1. The monoisotopic (exact) mass is 370 g/mol. The summed E-state index contributed by atoms with van der Waals surface area (Å²) in [5.74, 6) is 0.209. The number of benzene rings is 2. The topological polar surface area (TPSA) is 73.1 Å². The molecular weight excluding hydrogens is 356 g/mol. The van der Waals surface area contributed by atoms with E-state index in [0.717, 1.165) is 11.3 Å². The third-order valence-corrected chi connectivity index (χ3v) is 3.62. The average Bonchev–Trinajstić information content (AvgIpc) is 3.19. The molecule has 0 unspecified atom stereocenters. The lowest BCUT2D eigenvalue weighted by atomic mass is 10.2. The van der Waals surface area contributed by atoms with Crippen molar-refractivity contribution in [1.29, 1.82) is 0 Å². The van der Waals surface area contributed by atoms with Crippen LogP contribution in [0, 0.1) is 0 Å². The first kappa shape index (κ1) is 17.6. The molecule has 132 valence electrons. The van der Waals surface area contributed by atoms with Gasteiger partial charge in [0, 0.05) is 5.02 Å². The summed E-state index contributed by atoms with van der Waals surface area (Å²) in [5, 5.41) is 4.81. The Morgan fingerprint density at radius 3 is 2.65 bits per heavy atom.